The normalized spacial score (nSPS) is 12.0. The summed E-state index contributed by atoms with van der Waals surface area (Å²) in [5.41, 5.74) is 5.48. The van der Waals surface area contributed by atoms with E-state index in [2.05, 4.69) is 12.2 Å². The molecule has 0 aromatic heterocycles. The Morgan fingerprint density at radius 3 is 1.17 bits per heavy atom. The second-order valence-electron chi connectivity index (χ2n) is 6.31. The number of hydrogen-bond donors (Lipinski definition) is 2. The van der Waals surface area contributed by atoms with Crippen molar-refractivity contribution in [2.75, 3.05) is 59.3 Å². The molecule has 30 heavy (non-hydrogen) atoms. The van der Waals surface area contributed by atoms with Crippen LogP contribution < -0.4 is 11.1 Å². The monoisotopic (exact) mass is 470 g/mol. The van der Waals surface area contributed by atoms with Crippen molar-refractivity contribution >= 4 is 17.6 Å². The first-order valence-electron chi connectivity index (χ1n) is 11.7. The van der Waals surface area contributed by atoms with Crippen molar-refractivity contribution in [2.24, 2.45) is 5.73 Å². The summed E-state index contributed by atoms with van der Waals surface area (Å²) in [6.45, 7) is 20.5. The SMILES string of the molecule is CCNCCC[Si](OCC)(OCC)OCC.CCO[Si](CCCN)(OCC)OCC. The van der Waals surface area contributed by atoms with Gasteiger partial charge in [-0.1, -0.05) is 6.92 Å². The Labute approximate surface area is 188 Å². The van der Waals surface area contributed by atoms with Gasteiger partial charge in [0.1, 0.15) is 0 Å². The van der Waals surface area contributed by atoms with E-state index < -0.39 is 17.6 Å². The third kappa shape index (κ3) is 15.8. The van der Waals surface area contributed by atoms with E-state index in [1.807, 2.05) is 41.5 Å². The first-order valence-corrected chi connectivity index (χ1v) is 15.6. The highest BCUT2D eigenvalue weighted by molar-refractivity contribution is 6.61. The van der Waals surface area contributed by atoms with Crippen molar-refractivity contribution < 1.29 is 26.6 Å². The predicted molar refractivity (Wildman–Crippen MR) is 128 cm³/mol. The molecule has 0 unspecified atom stereocenters. The molecule has 0 heterocycles. The predicted octanol–water partition coefficient (Wildman–Crippen LogP) is 3.42. The van der Waals surface area contributed by atoms with E-state index in [1.54, 1.807) is 0 Å². The van der Waals surface area contributed by atoms with E-state index >= 15 is 0 Å². The molecule has 0 aliphatic rings. The van der Waals surface area contributed by atoms with Gasteiger partial charge in [-0.15, -0.1) is 0 Å². The lowest BCUT2D eigenvalue weighted by molar-refractivity contribution is 0.0701. The summed E-state index contributed by atoms with van der Waals surface area (Å²) in [5.74, 6) is 0. The van der Waals surface area contributed by atoms with E-state index in [0.717, 1.165) is 38.0 Å². The third-order valence-corrected chi connectivity index (χ3v) is 10.3. The van der Waals surface area contributed by atoms with Crippen LogP contribution in [0.4, 0.5) is 0 Å². The molecule has 0 saturated carbocycles. The molecule has 0 radical (unpaired) electrons. The summed E-state index contributed by atoms with van der Waals surface area (Å²) >= 11 is 0. The largest absolute Gasteiger partial charge is 0.500 e. The Hall–Kier alpha value is 0.114. The van der Waals surface area contributed by atoms with Crippen LogP contribution in [0.3, 0.4) is 0 Å². The zero-order valence-electron chi connectivity index (χ0n) is 20.7. The molecule has 0 atom stereocenters. The highest BCUT2D eigenvalue weighted by Gasteiger charge is 2.40. The van der Waals surface area contributed by atoms with Gasteiger partial charge in [-0.25, -0.2) is 0 Å². The van der Waals surface area contributed by atoms with Gasteiger partial charge in [0.05, 0.1) is 0 Å². The maximum atomic E-state index is 5.76. The van der Waals surface area contributed by atoms with Gasteiger partial charge in [0.15, 0.2) is 0 Å². The van der Waals surface area contributed by atoms with E-state index in [1.165, 1.54) is 0 Å². The van der Waals surface area contributed by atoms with Crippen LogP contribution in [0, 0.1) is 0 Å². The van der Waals surface area contributed by atoms with Gasteiger partial charge in [0, 0.05) is 51.7 Å². The molecule has 10 heteroatoms. The summed E-state index contributed by atoms with van der Waals surface area (Å²) in [4.78, 5) is 0. The molecular formula is C20H50N2O6Si2. The molecule has 0 fully saturated rings. The number of nitrogens with one attached hydrogen (secondary N) is 1. The van der Waals surface area contributed by atoms with Crippen LogP contribution in [0.2, 0.25) is 12.1 Å². The van der Waals surface area contributed by atoms with Gasteiger partial charge in [-0.05, 0) is 74.0 Å². The van der Waals surface area contributed by atoms with E-state index in [-0.39, 0.29) is 0 Å². The highest BCUT2D eigenvalue weighted by atomic mass is 28.4. The van der Waals surface area contributed by atoms with Gasteiger partial charge in [0.2, 0.25) is 0 Å². The maximum absolute atomic E-state index is 5.76. The van der Waals surface area contributed by atoms with Gasteiger partial charge in [0.25, 0.3) is 0 Å². The van der Waals surface area contributed by atoms with Crippen LogP contribution >= 0.6 is 0 Å². The van der Waals surface area contributed by atoms with Gasteiger partial charge in [-0.3, -0.25) is 0 Å². The van der Waals surface area contributed by atoms with Crippen LogP contribution in [0.25, 0.3) is 0 Å². The van der Waals surface area contributed by atoms with Crippen molar-refractivity contribution in [1.29, 1.82) is 0 Å². The fourth-order valence-electron chi connectivity index (χ4n) is 2.93. The second kappa shape index (κ2) is 22.3. The Bertz CT molecular complexity index is 323. The van der Waals surface area contributed by atoms with Crippen molar-refractivity contribution in [3.05, 3.63) is 0 Å². The second-order valence-corrected chi connectivity index (χ2v) is 11.8. The topological polar surface area (TPSA) is 93.4 Å². The number of rotatable bonds is 20. The van der Waals surface area contributed by atoms with E-state index in [0.29, 0.717) is 46.2 Å². The molecule has 0 amide bonds. The summed E-state index contributed by atoms with van der Waals surface area (Å²) < 4.78 is 34.2. The molecule has 0 spiro atoms. The fraction of sp³-hybridized carbons (Fsp3) is 1.00. The molecule has 0 saturated heterocycles. The number of hydrogen-bond acceptors (Lipinski definition) is 8. The molecular weight excluding hydrogens is 420 g/mol. The highest BCUT2D eigenvalue weighted by Crippen LogP contribution is 2.18. The van der Waals surface area contributed by atoms with Crippen LogP contribution in [0.15, 0.2) is 0 Å². The lowest BCUT2D eigenvalue weighted by atomic mass is 10.5. The summed E-state index contributed by atoms with van der Waals surface area (Å²) in [6, 6.07) is 1.72. The molecule has 0 aliphatic heterocycles. The van der Waals surface area contributed by atoms with Gasteiger partial charge >= 0.3 is 17.6 Å². The lowest BCUT2D eigenvalue weighted by Gasteiger charge is -2.28. The smallest absolute Gasteiger partial charge is 0.374 e. The Morgan fingerprint density at radius 1 is 0.567 bits per heavy atom. The summed E-state index contributed by atoms with van der Waals surface area (Å²) in [5, 5.41) is 3.30. The van der Waals surface area contributed by atoms with Gasteiger partial charge in [-0.2, -0.15) is 0 Å². The first kappa shape index (κ1) is 32.3. The Balaban J connectivity index is 0. The van der Waals surface area contributed by atoms with Crippen LogP contribution in [0.1, 0.15) is 61.3 Å². The minimum atomic E-state index is -2.40. The van der Waals surface area contributed by atoms with Crippen LogP contribution in [-0.2, 0) is 26.6 Å². The van der Waals surface area contributed by atoms with Crippen molar-refractivity contribution in [3.63, 3.8) is 0 Å². The van der Waals surface area contributed by atoms with Crippen LogP contribution in [0.5, 0.6) is 0 Å². The summed E-state index contributed by atoms with van der Waals surface area (Å²) in [7, 11) is -4.78. The number of nitrogens with two attached hydrogens (primary N) is 1. The quantitative estimate of drug-likeness (QED) is 0.206. The minimum absolute atomic E-state index is 0.636. The molecule has 0 aromatic carbocycles. The van der Waals surface area contributed by atoms with Crippen LogP contribution in [-0.4, -0.2) is 76.9 Å². The first-order chi connectivity index (χ1) is 14.5. The average molecular weight is 471 g/mol. The van der Waals surface area contributed by atoms with E-state index in [9.17, 15) is 0 Å². The minimum Gasteiger partial charge on any atom is -0.374 e. The molecule has 3 N–H and O–H groups in total. The van der Waals surface area contributed by atoms with E-state index in [4.69, 9.17) is 32.3 Å². The zero-order chi connectivity index (χ0) is 23.1. The molecule has 0 aromatic rings. The Kier molecular flexibility index (Phi) is 24.0. The Morgan fingerprint density at radius 2 is 0.900 bits per heavy atom. The standard InChI is InChI=1S/C11H27NO3Si.C9H23NO3Si/c1-5-12-10-9-11-16(13-6-2,14-7-3)15-8-4;1-4-11-14(12-5-2,13-6-3)9-7-8-10/h12H,5-11H2,1-4H3;4-10H2,1-3H3. The molecule has 8 nitrogen and oxygen atoms in total. The van der Waals surface area contributed by atoms with Crippen molar-refractivity contribution in [3.8, 4) is 0 Å². The van der Waals surface area contributed by atoms with Gasteiger partial charge < -0.3 is 37.6 Å². The maximum Gasteiger partial charge on any atom is 0.500 e. The molecule has 0 bridgehead atoms. The third-order valence-electron chi connectivity index (χ3n) is 3.96. The fourth-order valence-corrected chi connectivity index (χ4v) is 8.18. The molecule has 184 valence electrons. The molecule has 0 rings (SSSR count). The van der Waals surface area contributed by atoms with Crippen molar-refractivity contribution in [1.82, 2.24) is 5.32 Å². The summed E-state index contributed by atoms with van der Waals surface area (Å²) in [6.07, 6.45) is 1.94. The lowest BCUT2D eigenvalue weighted by Crippen LogP contribution is -2.46. The van der Waals surface area contributed by atoms with Crippen molar-refractivity contribution in [2.45, 2.75) is 73.4 Å². The zero-order valence-corrected chi connectivity index (χ0v) is 22.7. The average Bonchev–Trinajstić information content (AvgIpc) is 2.71. The molecule has 0 aliphatic carbocycles.